The molecule has 0 fully saturated rings. The number of ether oxygens (including phenoxy) is 2. The smallest absolute Gasteiger partial charge is 0.341 e. The van der Waals surface area contributed by atoms with Crippen LogP contribution in [0.25, 0.3) is 0 Å². The number of rotatable bonds is 4. The van der Waals surface area contributed by atoms with Crippen LogP contribution in [0.2, 0.25) is 0 Å². The highest BCUT2D eigenvalue weighted by molar-refractivity contribution is 7.17. The van der Waals surface area contributed by atoms with Gasteiger partial charge in [-0.1, -0.05) is 12.8 Å². The predicted octanol–water partition coefficient (Wildman–Crippen LogP) is 4.45. The lowest BCUT2D eigenvalue weighted by atomic mass is 9.96. The van der Waals surface area contributed by atoms with Crippen molar-refractivity contribution in [2.45, 2.75) is 38.5 Å². The molecular formula is C20H23NO4S. The van der Waals surface area contributed by atoms with E-state index < -0.39 is 0 Å². The minimum absolute atomic E-state index is 0.243. The maximum Gasteiger partial charge on any atom is 0.341 e. The van der Waals surface area contributed by atoms with Gasteiger partial charge in [-0.15, -0.1) is 11.3 Å². The Morgan fingerprint density at radius 1 is 1.00 bits per heavy atom. The van der Waals surface area contributed by atoms with Gasteiger partial charge in [-0.25, -0.2) is 4.79 Å². The molecule has 0 aliphatic heterocycles. The number of fused-ring (bicyclic) bond motifs is 1. The molecule has 1 amide bonds. The van der Waals surface area contributed by atoms with E-state index in [9.17, 15) is 9.59 Å². The molecule has 1 aromatic heterocycles. The molecule has 2 aromatic rings. The van der Waals surface area contributed by atoms with Crippen LogP contribution in [0.4, 0.5) is 5.00 Å². The van der Waals surface area contributed by atoms with Gasteiger partial charge in [0.25, 0.3) is 5.91 Å². The van der Waals surface area contributed by atoms with Crippen molar-refractivity contribution in [3.05, 3.63) is 45.8 Å². The largest absolute Gasteiger partial charge is 0.497 e. The summed E-state index contributed by atoms with van der Waals surface area (Å²) < 4.78 is 10.1. The Morgan fingerprint density at radius 2 is 1.69 bits per heavy atom. The zero-order valence-corrected chi connectivity index (χ0v) is 15.9. The van der Waals surface area contributed by atoms with Gasteiger partial charge in [-0.05, 0) is 55.5 Å². The number of aryl methyl sites for hydroxylation is 1. The van der Waals surface area contributed by atoms with Gasteiger partial charge in [0.15, 0.2) is 0 Å². The third-order valence-electron chi connectivity index (χ3n) is 4.64. The van der Waals surface area contributed by atoms with Gasteiger partial charge in [-0.2, -0.15) is 0 Å². The summed E-state index contributed by atoms with van der Waals surface area (Å²) in [6, 6.07) is 6.89. The third-order valence-corrected chi connectivity index (χ3v) is 5.85. The lowest BCUT2D eigenvalue weighted by Gasteiger charge is -2.11. The maximum atomic E-state index is 12.6. The minimum atomic E-state index is -0.381. The molecule has 0 radical (unpaired) electrons. The van der Waals surface area contributed by atoms with Crippen molar-refractivity contribution in [2.24, 2.45) is 0 Å². The Morgan fingerprint density at radius 3 is 2.35 bits per heavy atom. The standard InChI is InChI=1S/C20H23NO4S/c1-24-14-11-9-13(10-12-14)18(22)21-19-17(20(23)25-2)15-7-5-3-4-6-8-16(15)26-19/h9-12H,3-8H2,1-2H3,(H,21,22). The van der Waals surface area contributed by atoms with Crippen molar-refractivity contribution in [2.75, 3.05) is 19.5 Å². The van der Waals surface area contributed by atoms with Gasteiger partial charge < -0.3 is 14.8 Å². The monoisotopic (exact) mass is 373 g/mol. The van der Waals surface area contributed by atoms with Gasteiger partial charge in [0, 0.05) is 10.4 Å². The summed E-state index contributed by atoms with van der Waals surface area (Å²) in [6.45, 7) is 0. The summed E-state index contributed by atoms with van der Waals surface area (Å²) in [6.07, 6.45) is 6.35. The number of methoxy groups -OCH3 is 2. The van der Waals surface area contributed by atoms with Crippen LogP contribution in [0.1, 0.15) is 56.8 Å². The van der Waals surface area contributed by atoms with Crippen LogP contribution in [-0.2, 0) is 17.6 Å². The molecular weight excluding hydrogens is 350 g/mol. The first-order chi connectivity index (χ1) is 12.6. The maximum absolute atomic E-state index is 12.6. The molecule has 1 aromatic carbocycles. The van der Waals surface area contributed by atoms with Crippen molar-refractivity contribution < 1.29 is 19.1 Å². The first kappa shape index (κ1) is 18.5. The molecule has 3 rings (SSSR count). The van der Waals surface area contributed by atoms with Crippen LogP contribution in [0, 0.1) is 0 Å². The number of amides is 1. The molecule has 26 heavy (non-hydrogen) atoms. The minimum Gasteiger partial charge on any atom is -0.497 e. The second kappa shape index (κ2) is 8.36. The van der Waals surface area contributed by atoms with E-state index in [0.717, 1.165) is 31.2 Å². The van der Waals surface area contributed by atoms with Gasteiger partial charge in [-0.3, -0.25) is 4.79 Å². The lowest BCUT2D eigenvalue weighted by molar-refractivity contribution is 0.0601. The molecule has 1 N–H and O–H groups in total. The van der Waals surface area contributed by atoms with Crippen molar-refractivity contribution >= 4 is 28.2 Å². The number of carbonyl (C=O) groups is 2. The highest BCUT2D eigenvalue weighted by Gasteiger charge is 2.26. The Hall–Kier alpha value is -2.34. The first-order valence-electron chi connectivity index (χ1n) is 8.82. The highest BCUT2D eigenvalue weighted by Crippen LogP contribution is 2.37. The van der Waals surface area contributed by atoms with E-state index in [-0.39, 0.29) is 11.9 Å². The molecule has 0 saturated carbocycles. The number of hydrogen-bond donors (Lipinski definition) is 1. The third kappa shape index (κ3) is 3.90. The average molecular weight is 373 g/mol. The van der Waals surface area contributed by atoms with Crippen LogP contribution in [0.15, 0.2) is 24.3 Å². The van der Waals surface area contributed by atoms with Gasteiger partial charge in [0.1, 0.15) is 10.8 Å². The fraction of sp³-hybridized carbons (Fsp3) is 0.400. The van der Waals surface area contributed by atoms with E-state index in [1.165, 1.54) is 36.2 Å². The number of thiophene rings is 1. The predicted molar refractivity (Wildman–Crippen MR) is 102 cm³/mol. The fourth-order valence-electron chi connectivity index (χ4n) is 3.24. The number of carbonyl (C=O) groups excluding carboxylic acids is 2. The summed E-state index contributed by atoms with van der Waals surface area (Å²) >= 11 is 1.50. The molecule has 0 saturated heterocycles. The highest BCUT2D eigenvalue weighted by atomic mass is 32.1. The Labute approximate surface area is 157 Å². The van der Waals surface area contributed by atoms with Crippen molar-refractivity contribution in [1.29, 1.82) is 0 Å². The van der Waals surface area contributed by atoms with E-state index in [2.05, 4.69) is 5.32 Å². The summed E-state index contributed by atoms with van der Waals surface area (Å²) in [5, 5.41) is 3.50. The second-order valence-corrected chi connectivity index (χ2v) is 7.40. The van der Waals surface area contributed by atoms with Crippen LogP contribution in [-0.4, -0.2) is 26.1 Å². The normalized spacial score (nSPS) is 13.9. The van der Waals surface area contributed by atoms with Crippen LogP contribution >= 0.6 is 11.3 Å². The van der Waals surface area contributed by atoms with Crippen molar-refractivity contribution in [1.82, 2.24) is 0 Å². The summed E-state index contributed by atoms with van der Waals surface area (Å²) in [7, 11) is 2.96. The summed E-state index contributed by atoms with van der Waals surface area (Å²) in [4.78, 5) is 26.2. The van der Waals surface area contributed by atoms with Crippen molar-refractivity contribution in [3.8, 4) is 5.75 Å². The average Bonchev–Trinajstić information content (AvgIpc) is 2.97. The topological polar surface area (TPSA) is 64.6 Å². The Bertz CT molecular complexity index is 795. The molecule has 0 bridgehead atoms. The van der Waals surface area contributed by atoms with Crippen LogP contribution in [0.3, 0.4) is 0 Å². The number of hydrogen-bond acceptors (Lipinski definition) is 5. The van der Waals surface area contributed by atoms with E-state index in [1.54, 1.807) is 31.4 Å². The summed E-state index contributed by atoms with van der Waals surface area (Å²) in [5.41, 5.74) is 2.09. The Kier molecular flexibility index (Phi) is 5.93. The Balaban J connectivity index is 1.91. The molecule has 1 aliphatic carbocycles. The zero-order chi connectivity index (χ0) is 18.5. The molecule has 5 nitrogen and oxygen atoms in total. The van der Waals surface area contributed by atoms with Crippen molar-refractivity contribution in [3.63, 3.8) is 0 Å². The van der Waals surface area contributed by atoms with E-state index in [0.29, 0.717) is 21.9 Å². The zero-order valence-electron chi connectivity index (χ0n) is 15.1. The van der Waals surface area contributed by atoms with E-state index in [1.807, 2.05) is 0 Å². The van der Waals surface area contributed by atoms with E-state index >= 15 is 0 Å². The molecule has 0 spiro atoms. The van der Waals surface area contributed by atoms with Gasteiger partial charge >= 0.3 is 5.97 Å². The van der Waals surface area contributed by atoms with Gasteiger partial charge in [0.2, 0.25) is 0 Å². The summed E-state index contributed by atoms with van der Waals surface area (Å²) in [5.74, 6) is 0.0658. The van der Waals surface area contributed by atoms with Crippen LogP contribution < -0.4 is 10.1 Å². The molecule has 1 aliphatic rings. The molecule has 6 heteroatoms. The molecule has 138 valence electrons. The second-order valence-electron chi connectivity index (χ2n) is 6.30. The quantitative estimate of drug-likeness (QED) is 0.804. The SMILES string of the molecule is COC(=O)c1c(NC(=O)c2ccc(OC)cc2)sc2c1CCCCCC2. The van der Waals surface area contributed by atoms with Crippen LogP contribution in [0.5, 0.6) is 5.75 Å². The number of anilines is 1. The first-order valence-corrected chi connectivity index (χ1v) is 9.64. The number of benzene rings is 1. The lowest BCUT2D eigenvalue weighted by Crippen LogP contribution is -2.14. The van der Waals surface area contributed by atoms with Gasteiger partial charge in [0.05, 0.1) is 19.8 Å². The number of nitrogens with one attached hydrogen (secondary N) is 1. The fourth-order valence-corrected chi connectivity index (χ4v) is 4.52. The van der Waals surface area contributed by atoms with E-state index in [4.69, 9.17) is 9.47 Å². The molecule has 0 atom stereocenters. The number of esters is 1. The molecule has 0 unspecified atom stereocenters. The molecule has 1 heterocycles.